The number of aliphatic carboxylic acids is 1. The number of aromatic nitrogens is 3. The summed E-state index contributed by atoms with van der Waals surface area (Å²) in [6.07, 6.45) is 1.54. The van der Waals surface area contributed by atoms with Crippen LogP contribution in [0.3, 0.4) is 0 Å². The zero-order valence-corrected chi connectivity index (χ0v) is 20.4. The van der Waals surface area contributed by atoms with Crippen LogP contribution in [0.15, 0.2) is 76.8 Å². The molecule has 2 N–H and O–H groups in total. The number of carbonyl (C=O) groups is 1. The molecule has 4 rings (SSSR count). The number of nitrogens with zero attached hydrogens (tertiary/aromatic N) is 2. The van der Waals surface area contributed by atoms with Crippen molar-refractivity contribution in [3.63, 3.8) is 0 Å². The standard InChI is InChI=1S/C24H16Cl3N3O3S/c25-17-7-5-16(6-8-17)22-28-24(30-29-22)34-21(23(31)32)12-14-2-1-3-18(10-14)33-13-15-4-9-19(26)20(27)11-15/h1-12H,13H2,(H,31,32)(H,28,29,30)/b21-12-. The van der Waals surface area contributed by atoms with Crippen molar-refractivity contribution in [2.24, 2.45) is 0 Å². The summed E-state index contributed by atoms with van der Waals surface area (Å²) in [5.41, 5.74) is 2.31. The lowest BCUT2D eigenvalue weighted by Gasteiger charge is -2.08. The second-order valence-corrected chi connectivity index (χ2v) is 9.26. The maximum absolute atomic E-state index is 11.9. The van der Waals surface area contributed by atoms with Gasteiger partial charge in [0.2, 0.25) is 5.16 Å². The van der Waals surface area contributed by atoms with Gasteiger partial charge in [0.15, 0.2) is 5.82 Å². The van der Waals surface area contributed by atoms with E-state index in [0.29, 0.717) is 32.2 Å². The van der Waals surface area contributed by atoms with Crippen LogP contribution in [-0.2, 0) is 11.4 Å². The Bertz CT molecular complexity index is 1360. The lowest BCUT2D eigenvalue weighted by Crippen LogP contribution is -1.98. The molecule has 3 aromatic carbocycles. The van der Waals surface area contributed by atoms with E-state index < -0.39 is 5.97 Å². The number of H-pyrrole nitrogens is 1. The van der Waals surface area contributed by atoms with E-state index in [-0.39, 0.29) is 16.7 Å². The van der Waals surface area contributed by atoms with Gasteiger partial charge in [0.25, 0.3) is 0 Å². The number of nitrogens with one attached hydrogen (secondary N) is 1. The highest BCUT2D eigenvalue weighted by Gasteiger charge is 2.14. The van der Waals surface area contributed by atoms with Crippen molar-refractivity contribution in [1.82, 2.24) is 15.2 Å². The highest BCUT2D eigenvalue weighted by atomic mass is 35.5. The van der Waals surface area contributed by atoms with E-state index in [1.807, 2.05) is 6.07 Å². The first-order chi connectivity index (χ1) is 16.4. The molecule has 0 atom stereocenters. The maximum atomic E-state index is 11.9. The molecule has 10 heteroatoms. The van der Waals surface area contributed by atoms with Crippen LogP contribution >= 0.6 is 46.6 Å². The van der Waals surface area contributed by atoms with Crippen LogP contribution in [0.4, 0.5) is 0 Å². The number of hydrogen-bond donors (Lipinski definition) is 2. The normalized spacial score (nSPS) is 11.4. The summed E-state index contributed by atoms with van der Waals surface area (Å²) in [4.78, 5) is 16.3. The van der Waals surface area contributed by atoms with Crippen LogP contribution in [-0.4, -0.2) is 26.3 Å². The Morgan fingerprint density at radius 1 is 1.03 bits per heavy atom. The number of ether oxygens (including phenoxy) is 1. The Morgan fingerprint density at radius 3 is 2.56 bits per heavy atom. The van der Waals surface area contributed by atoms with Crippen molar-refractivity contribution in [2.45, 2.75) is 11.8 Å². The first kappa shape index (κ1) is 24.2. The van der Waals surface area contributed by atoms with Crippen LogP contribution in [0.1, 0.15) is 11.1 Å². The van der Waals surface area contributed by atoms with Gasteiger partial charge in [0, 0.05) is 10.6 Å². The molecule has 6 nitrogen and oxygen atoms in total. The summed E-state index contributed by atoms with van der Waals surface area (Å²) in [6, 6.07) is 19.5. The predicted molar refractivity (Wildman–Crippen MR) is 136 cm³/mol. The Balaban J connectivity index is 1.48. The second kappa shape index (κ2) is 11.0. The van der Waals surface area contributed by atoms with E-state index in [0.717, 1.165) is 22.9 Å². The lowest BCUT2D eigenvalue weighted by atomic mass is 10.2. The fourth-order valence-electron chi connectivity index (χ4n) is 2.90. The highest BCUT2D eigenvalue weighted by molar-refractivity contribution is 8.04. The van der Waals surface area contributed by atoms with E-state index >= 15 is 0 Å². The molecular formula is C24H16Cl3N3O3S. The maximum Gasteiger partial charge on any atom is 0.342 e. The van der Waals surface area contributed by atoms with Gasteiger partial charge in [-0.05, 0) is 77.5 Å². The van der Waals surface area contributed by atoms with Gasteiger partial charge in [-0.25, -0.2) is 9.78 Å². The van der Waals surface area contributed by atoms with Gasteiger partial charge in [0.1, 0.15) is 17.3 Å². The first-order valence-electron chi connectivity index (χ1n) is 9.85. The largest absolute Gasteiger partial charge is 0.489 e. The van der Waals surface area contributed by atoms with E-state index in [9.17, 15) is 9.90 Å². The van der Waals surface area contributed by atoms with E-state index in [1.165, 1.54) is 6.08 Å². The number of hydrogen-bond acceptors (Lipinski definition) is 5. The molecule has 0 aliphatic rings. The number of thioether (sulfide) groups is 1. The molecule has 172 valence electrons. The van der Waals surface area contributed by atoms with Gasteiger partial charge in [-0.15, -0.1) is 5.10 Å². The molecule has 0 saturated carbocycles. The number of rotatable bonds is 8. The Kier molecular flexibility index (Phi) is 7.80. The number of halogens is 3. The zero-order chi connectivity index (χ0) is 24.1. The number of aromatic amines is 1. The number of benzene rings is 3. The second-order valence-electron chi connectivity index (χ2n) is 7.00. The van der Waals surface area contributed by atoms with Crippen LogP contribution in [0.5, 0.6) is 5.75 Å². The van der Waals surface area contributed by atoms with Crippen LogP contribution < -0.4 is 4.74 Å². The topological polar surface area (TPSA) is 88.1 Å². The van der Waals surface area contributed by atoms with Crippen LogP contribution in [0.25, 0.3) is 17.5 Å². The minimum atomic E-state index is -1.09. The van der Waals surface area contributed by atoms with E-state index in [1.54, 1.807) is 60.7 Å². The minimum Gasteiger partial charge on any atom is -0.489 e. The quantitative estimate of drug-likeness (QED) is 0.184. The molecule has 0 radical (unpaired) electrons. The fourth-order valence-corrected chi connectivity index (χ4v) is 4.06. The average molecular weight is 533 g/mol. The van der Waals surface area contributed by atoms with Crippen molar-refractivity contribution < 1.29 is 14.6 Å². The fraction of sp³-hybridized carbons (Fsp3) is 0.0417. The van der Waals surface area contributed by atoms with Crippen LogP contribution in [0.2, 0.25) is 15.1 Å². The number of carboxylic acid groups (broad SMARTS) is 1. The van der Waals surface area contributed by atoms with Crippen molar-refractivity contribution in [3.05, 3.63) is 97.8 Å². The average Bonchev–Trinajstić information content (AvgIpc) is 3.29. The smallest absolute Gasteiger partial charge is 0.342 e. The molecular weight excluding hydrogens is 517 g/mol. The Labute approximate surface area is 214 Å². The molecule has 0 unspecified atom stereocenters. The van der Waals surface area contributed by atoms with Crippen molar-refractivity contribution >= 4 is 58.6 Å². The molecule has 0 bridgehead atoms. The summed E-state index contributed by atoms with van der Waals surface area (Å²) < 4.78 is 5.82. The molecule has 0 spiro atoms. The predicted octanol–water partition coefficient (Wildman–Crippen LogP) is 7.23. The minimum absolute atomic E-state index is 0.0586. The summed E-state index contributed by atoms with van der Waals surface area (Å²) in [6.45, 7) is 0.287. The SMILES string of the molecule is O=C(O)/C(=C/c1cccc(OCc2ccc(Cl)c(Cl)c2)c1)Sc1n[nH]c(-c2ccc(Cl)cc2)n1. The third-order valence-electron chi connectivity index (χ3n) is 4.54. The first-order valence-corrected chi connectivity index (χ1v) is 11.8. The Hall–Kier alpha value is -2.97. The summed E-state index contributed by atoms with van der Waals surface area (Å²) in [5, 5.41) is 18.4. The van der Waals surface area contributed by atoms with Crippen molar-refractivity contribution in [1.29, 1.82) is 0 Å². The van der Waals surface area contributed by atoms with Gasteiger partial charge >= 0.3 is 5.97 Å². The summed E-state index contributed by atoms with van der Waals surface area (Å²) in [5.74, 6) is 0.00376. The van der Waals surface area contributed by atoms with Crippen LogP contribution in [0, 0.1) is 0 Å². The molecule has 0 amide bonds. The third kappa shape index (κ3) is 6.33. The molecule has 0 saturated heterocycles. The van der Waals surface area contributed by atoms with Crippen molar-refractivity contribution in [3.8, 4) is 17.1 Å². The third-order valence-corrected chi connectivity index (χ3v) is 6.41. The van der Waals surface area contributed by atoms with Crippen molar-refractivity contribution in [2.75, 3.05) is 0 Å². The van der Waals surface area contributed by atoms with Gasteiger partial charge < -0.3 is 9.84 Å². The van der Waals surface area contributed by atoms with E-state index in [2.05, 4.69) is 15.2 Å². The Morgan fingerprint density at radius 2 is 1.82 bits per heavy atom. The molecule has 0 aliphatic heterocycles. The molecule has 1 heterocycles. The molecule has 0 fully saturated rings. The van der Waals surface area contributed by atoms with Gasteiger partial charge in [0.05, 0.1) is 10.0 Å². The van der Waals surface area contributed by atoms with Gasteiger partial charge in [-0.2, -0.15) is 0 Å². The summed E-state index contributed by atoms with van der Waals surface area (Å²) in [7, 11) is 0. The van der Waals surface area contributed by atoms with E-state index in [4.69, 9.17) is 39.5 Å². The molecule has 1 aromatic heterocycles. The number of carboxylic acids is 1. The molecule has 34 heavy (non-hydrogen) atoms. The monoisotopic (exact) mass is 531 g/mol. The lowest BCUT2D eigenvalue weighted by molar-refractivity contribution is -0.131. The summed E-state index contributed by atoms with van der Waals surface area (Å²) >= 11 is 18.8. The zero-order valence-electron chi connectivity index (χ0n) is 17.3. The van der Waals surface area contributed by atoms with Gasteiger partial charge in [-0.3, -0.25) is 5.10 Å². The molecule has 4 aromatic rings. The van der Waals surface area contributed by atoms with Gasteiger partial charge in [-0.1, -0.05) is 53.0 Å². The highest BCUT2D eigenvalue weighted by Crippen LogP contribution is 2.29. The molecule has 0 aliphatic carbocycles.